The van der Waals surface area contributed by atoms with Crippen LogP contribution in [0.2, 0.25) is 0 Å². The number of esters is 1. The van der Waals surface area contributed by atoms with Crippen LogP contribution in [0.15, 0.2) is 11.6 Å². The van der Waals surface area contributed by atoms with Gasteiger partial charge >= 0.3 is 5.97 Å². The van der Waals surface area contributed by atoms with Gasteiger partial charge in [0.15, 0.2) is 0 Å². The minimum absolute atomic E-state index is 0.0492. The lowest BCUT2D eigenvalue weighted by molar-refractivity contribution is -0.155. The average Bonchev–Trinajstić information content (AvgIpc) is 2.22. The molecule has 0 saturated heterocycles. The molecule has 0 radical (unpaired) electrons. The van der Waals surface area contributed by atoms with Crippen LogP contribution in [0.5, 0.6) is 0 Å². The Labute approximate surface area is 90.7 Å². The number of hydrogen-bond acceptors (Lipinski definition) is 3. The summed E-state index contributed by atoms with van der Waals surface area (Å²) in [7, 11) is 1.48. The first kappa shape index (κ1) is 10.7. The lowest BCUT2D eigenvalue weighted by Gasteiger charge is -2.43. The van der Waals surface area contributed by atoms with E-state index < -0.39 is 0 Å². The topological polar surface area (TPSA) is 52.3 Å². The van der Waals surface area contributed by atoms with E-state index in [2.05, 4.69) is 13.0 Å². The number of methoxy groups -OCH3 is 1. The summed E-state index contributed by atoms with van der Waals surface area (Å²) in [5.41, 5.74) is 7.01. The van der Waals surface area contributed by atoms with Crippen molar-refractivity contribution >= 4 is 5.97 Å². The number of nitrogens with two attached hydrogens (primary N) is 1. The van der Waals surface area contributed by atoms with Crippen LogP contribution in [0.3, 0.4) is 0 Å². The lowest BCUT2D eigenvalue weighted by atomic mass is 9.62. The van der Waals surface area contributed by atoms with E-state index in [1.165, 1.54) is 12.7 Å². The first-order chi connectivity index (χ1) is 7.07. The molecule has 1 saturated carbocycles. The number of hydrogen-bond donors (Lipinski definition) is 1. The maximum atomic E-state index is 11.9. The summed E-state index contributed by atoms with van der Waals surface area (Å²) in [6.45, 7) is 2.15. The Balaban J connectivity index is 2.30. The first-order valence-corrected chi connectivity index (χ1v) is 5.62. The van der Waals surface area contributed by atoms with E-state index in [0.717, 1.165) is 25.7 Å². The van der Waals surface area contributed by atoms with Crippen LogP contribution in [0, 0.1) is 11.3 Å². The molecule has 1 fully saturated rings. The zero-order valence-electron chi connectivity index (χ0n) is 9.45. The van der Waals surface area contributed by atoms with Gasteiger partial charge in [-0.25, -0.2) is 0 Å². The molecule has 0 amide bonds. The largest absolute Gasteiger partial charge is 0.469 e. The van der Waals surface area contributed by atoms with E-state index in [9.17, 15) is 4.79 Å². The van der Waals surface area contributed by atoms with Gasteiger partial charge < -0.3 is 10.5 Å². The smallest absolute Gasteiger partial charge is 0.312 e. The van der Waals surface area contributed by atoms with Crippen molar-refractivity contribution in [1.29, 1.82) is 0 Å². The van der Waals surface area contributed by atoms with Crippen molar-refractivity contribution in [2.75, 3.05) is 7.11 Å². The Morgan fingerprint density at radius 1 is 1.67 bits per heavy atom. The van der Waals surface area contributed by atoms with E-state index in [4.69, 9.17) is 10.5 Å². The Morgan fingerprint density at radius 3 is 3.07 bits per heavy atom. The summed E-state index contributed by atoms with van der Waals surface area (Å²) in [6.07, 6.45) is 5.75. The molecule has 2 bridgehead atoms. The molecular weight excluding hydrogens is 190 g/mol. The highest BCUT2D eigenvalue weighted by molar-refractivity contribution is 5.78. The summed E-state index contributed by atoms with van der Waals surface area (Å²) in [4.78, 5) is 11.9. The number of carbonyl (C=O) groups is 1. The van der Waals surface area contributed by atoms with Gasteiger partial charge in [-0.15, -0.1) is 0 Å². The lowest BCUT2D eigenvalue weighted by Crippen LogP contribution is -2.44. The van der Waals surface area contributed by atoms with E-state index >= 15 is 0 Å². The third-order valence-electron chi connectivity index (χ3n) is 3.78. The Morgan fingerprint density at radius 2 is 2.40 bits per heavy atom. The van der Waals surface area contributed by atoms with Crippen LogP contribution in [-0.2, 0) is 9.53 Å². The second-order valence-corrected chi connectivity index (χ2v) is 5.02. The van der Waals surface area contributed by atoms with E-state index in [1.54, 1.807) is 0 Å². The van der Waals surface area contributed by atoms with Crippen molar-refractivity contribution in [2.24, 2.45) is 17.1 Å². The highest BCUT2D eigenvalue weighted by Gasteiger charge is 2.46. The maximum absolute atomic E-state index is 11.9. The molecule has 2 aliphatic carbocycles. The molecule has 0 aromatic carbocycles. The quantitative estimate of drug-likeness (QED) is 0.527. The van der Waals surface area contributed by atoms with Gasteiger partial charge in [0.1, 0.15) is 0 Å². The van der Waals surface area contributed by atoms with Crippen molar-refractivity contribution in [1.82, 2.24) is 0 Å². The second-order valence-electron chi connectivity index (χ2n) is 5.02. The summed E-state index contributed by atoms with van der Waals surface area (Å²) in [5.74, 6) is 0.394. The molecule has 1 unspecified atom stereocenters. The number of rotatable bonds is 1. The first-order valence-electron chi connectivity index (χ1n) is 5.62. The summed E-state index contributed by atoms with van der Waals surface area (Å²) >= 11 is 0. The number of carbonyl (C=O) groups excluding carboxylic acids is 1. The van der Waals surface area contributed by atoms with Gasteiger partial charge in [-0.3, -0.25) is 4.79 Å². The van der Waals surface area contributed by atoms with Gasteiger partial charge in [0.2, 0.25) is 0 Å². The zero-order chi connectivity index (χ0) is 11.1. The summed E-state index contributed by atoms with van der Waals surface area (Å²) in [5, 5.41) is 0. The Hall–Kier alpha value is -0.830. The van der Waals surface area contributed by atoms with Crippen LogP contribution in [0.4, 0.5) is 0 Å². The minimum Gasteiger partial charge on any atom is -0.469 e. The molecular formula is C12H19NO2. The van der Waals surface area contributed by atoms with E-state index in [1.807, 2.05) is 0 Å². The average molecular weight is 209 g/mol. The molecule has 3 heteroatoms. The highest BCUT2D eigenvalue weighted by Crippen LogP contribution is 2.48. The Bertz CT molecular complexity index is 311. The molecule has 2 N–H and O–H groups in total. The molecule has 2 aliphatic rings. The fraction of sp³-hybridized carbons (Fsp3) is 0.750. The molecule has 0 aromatic heterocycles. The standard InChI is InChI=1S/C12H19NO2/c1-8-5-9-7-12(6-8,11(14)15-2)4-3-10(9)13/h5,8,10H,3-4,6-7,13H2,1-2H3/t8?,10-,12+/m1/s1. The normalized spacial score (nSPS) is 39.5. The van der Waals surface area contributed by atoms with Crippen LogP contribution in [-0.4, -0.2) is 19.1 Å². The van der Waals surface area contributed by atoms with Gasteiger partial charge in [0, 0.05) is 6.04 Å². The van der Waals surface area contributed by atoms with Gasteiger partial charge in [-0.1, -0.05) is 18.6 Å². The van der Waals surface area contributed by atoms with Crippen LogP contribution in [0.25, 0.3) is 0 Å². The van der Waals surface area contributed by atoms with Gasteiger partial charge in [0.05, 0.1) is 12.5 Å². The molecule has 0 spiro atoms. The second kappa shape index (κ2) is 3.63. The SMILES string of the molecule is COC(=O)[C@@]12CC[C@@H](N)C(=CC(C)C1)C2. The molecule has 15 heavy (non-hydrogen) atoms. The molecule has 0 aromatic rings. The fourth-order valence-electron chi connectivity index (χ4n) is 3.10. The van der Waals surface area contributed by atoms with E-state index in [0.29, 0.717) is 5.92 Å². The minimum atomic E-state index is -0.270. The Kier molecular flexibility index (Phi) is 2.59. The van der Waals surface area contributed by atoms with Crippen molar-refractivity contribution in [3.8, 4) is 0 Å². The molecule has 84 valence electrons. The van der Waals surface area contributed by atoms with Crippen LogP contribution in [0.1, 0.15) is 32.6 Å². The predicted molar refractivity (Wildman–Crippen MR) is 58.1 cm³/mol. The van der Waals surface area contributed by atoms with E-state index in [-0.39, 0.29) is 17.4 Å². The number of ether oxygens (including phenoxy) is 1. The number of allylic oxidation sites excluding steroid dienone is 1. The summed E-state index contributed by atoms with van der Waals surface area (Å²) < 4.78 is 4.94. The third kappa shape index (κ3) is 1.69. The van der Waals surface area contributed by atoms with Crippen molar-refractivity contribution in [3.05, 3.63) is 11.6 Å². The van der Waals surface area contributed by atoms with Gasteiger partial charge in [-0.2, -0.15) is 0 Å². The highest BCUT2D eigenvalue weighted by atomic mass is 16.5. The third-order valence-corrected chi connectivity index (χ3v) is 3.78. The molecule has 2 rings (SSSR count). The molecule has 0 heterocycles. The van der Waals surface area contributed by atoms with Crippen molar-refractivity contribution in [2.45, 2.75) is 38.6 Å². The predicted octanol–water partition coefficient (Wildman–Crippen LogP) is 1.62. The number of fused-ring (bicyclic) bond motifs is 2. The fourth-order valence-corrected chi connectivity index (χ4v) is 3.10. The maximum Gasteiger partial charge on any atom is 0.312 e. The van der Waals surface area contributed by atoms with Crippen LogP contribution >= 0.6 is 0 Å². The van der Waals surface area contributed by atoms with Crippen molar-refractivity contribution in [3.63, 3.8) is 0 Å². The van der Waals surface area contributed by atoms with Gasteiger partial charge in [-0.05, 0) is 31.6 Å². The summed E-state index contributed by atoms with van der Waals surface area (Å²) in [6, 6.07) is 0.158. The van der Waals surface area contributed by atoms with Gasteiger partial charge in [0.25, 0.3) is 0 Å². The molecule has 3 atom stereocenters. The van der Waals surface area contributed by atoms with Crippen molar-refractivity contribution < 1.29 is 9.53 Å². The molecule has 3 nitrogen and oxygen atoms in total. The molecule has 0 aliphatic heterocycles. The monoisotopic (exact) mass is 209 g/mol. The van der Waals surface area contributed by atoms with Crippen LogP contribution < -0.4 is 5.73 Å². The zero-order valence-corrected chi connectivity index (χ0v) is 9.45.